The number of carbonyl (C=O) groups excluding carboxylic acids is 3. The van der Waals surface area contributed by atoms with Crippen LogP contribution in [0, 0.1) is 0 Å². The van der Waals surface area contributed by atoms with E-state index < -0.39 is 17.9 Å². The molecule has 3 rings (SSSR count). The third-order valence-corrected chi connectivity index (χ3v) is 4.93. The number of fused-ring (bicyclic) bond motifs is 1. The minimum absolute atomic E-state index is 0.0714. The van der Waals surface area contributed by atoms with Crippen LogP contribution in [0.1, 0.15) is 23.2 Å². The molecular formula is C21H24N4O3. The van der Waals surface area contributed by atoms with Crippen LogP contribution in [0.3, 0.4) is 0 Å². The maximum absolute atomic E-state index is 12.4. The van der Waals surface area contributed by atoms with E-state index in [1.807, 2.05) is 55.4 Å². The van der Waals surface area contributed by atoms with Crippen molar-refractivity contribution in [3.8, 4) is 0 Å². The molecule has 1 aliphatic rings. The van der Waals surface area contributed by atoms with Gasteiger partial charge in [-0.2, -0.15) is 0 Å². The molecule has 3 amide bonds. The van der Waals surface area contributed by atoms with Crippen LogP contribution in [0.15, 0.2) is 54.6 Å². The van der Waals surface area contributed by atoms with Gasteiger partial charge in [-0.1, -0.05) is 48.5 Å². The Morgan fingerprint density at radius 2 is 1.68 bits per heavy atom. The predicted octanol–water partition coefficient (Wildman–Crippen LogP) is 1.24. The molecule has 0 saturated carbocycles. The van der Waals surface area contributed by atoms with Gasteiger partial charge in [0, 0.05) is 24.8 Å². The summed E-state index contributed by atoms with van der Waals surface area (Å²) in [5.74, 6) is -1.85. The van der Waals surface area contributed by atoms with Crippen molar-refractivity contribution in [1.82, 2.24) is 15.5 Å². The van der Waals surface area contributed by atoms with Crippen molar-refractivity contribution >= 4 is 23.4 Å². The minimum atomic E-state index is -0.849. The molecule has 0 spiro atoms. The molecule has 2 N–H and O–H groups in total. The number of anilines is 1. The van der Waals surface area contributed by atoms with Crippen molar-refractivity contribution in [2.75, 3.05) is 32.6 Å². The molecule has 0 aromatic heterocycles. The van der Waals surface area contributed by atoms with Gasteiger partial charge in [-0.25, -0.2) is 0 Å². The summed E-state index contributed by atoms with van der Waals surface area (Å²) in [6.07, 6.45) is 0. The summed E-state index contributed by atoms with van der Waals surface area (Å²) >= 11 is 0. The molecule has 7 heteroatoms. The second kappa shape index (κ2) is 8.22. The normalized spacial score (nSPS) is 16.6. The van der Waals surface area contributed by atoms with E-state index in [2.05, 4.69) is 10.6 Å². The second-order valence-electron chi connectivity index (χ2n) is 6.96. The molecule has 2 aromatic rings. The standard InChI is InChI=1S/C21H24N4O3/c1-24(2)17(14-9-5-4-6-10-14)13-22-19(26)20(27)23-18-15-11-7-8-12-16(15)25(3)21(18)28/h4-12,17-18H,13H2,1-3H3,(H,22,26)(H,23,27)/t17-,18-/m0/s1. The number of hydrogen-bond donors (Lipinski definition) is 2. The first-order valence-corrected chi connectivity index (χ1v) is 9.06. The Kier molecular flexibility index (Phi) is 5.75. The van der Waals surface area contributed by atoms with Gasteiger partial charge >= 0.3 is 11.8 Å². The van der Waals surface area contributed by atoms with Gasteiger partial charge in [-0.05, 0) is 25.7 Å². The van der Waals surface area contributed by atoms with Gasteiger partial charge in [0.1, 0.15) is 6.04 Å². The number of benzene rings is 2. The average Bonchev–Trinajstić information content (AvgIpc) is 2.93. The van der Waals surface area contributed by atoms with Crippen molar-refractivity contribution in [3.63, 3.8) is 0 Å². The summed E-state index contributed by atoms with van der Waals surface area (Å²) in [5, 5.41) is 5.22. The molecule has 1 heterocycles. The number of carbonyl (C=O) groups is 3. The number of para-hydroxylation sites is 1. The summed E-state index contributed by atoms with van der Waals surface area (Å²) in [4.78, 5) is 40.6. The maximum atomic E-state index is 12.4. The highest BCUT2D eigenvalue weighted by Gasteiger charge is 2.36. The minimum Gasteiger partial charge on any atom is -0.346 e. The van der Waals surface area contributed by atoms with Gasteiger partial charge in [0.25, 0.3) is 5.91 Å². The van der Waals surface area contributed by atoms with Gasteiger partial charge < -0.3 is 20.4 Å². The van der Waals surface area contributed by atoms with E-state index >= 15 is 0 Å². The van der Waals surface area contributed by atoms with Crippen LogP contribution in [0.5, 0.6) is 0 Å². The van der Waals surface area contributed by atoms with Crippen molar-refractivity contribution in [1.29, 1.82) is 0 Å². The fourth-order valence-electron chi connectivity index (χ4n) is 3.36. The molecule has 2 atom stereocenters. The largest absolute Gasteiger partial charge is 0.346 e. The van der Waals surface area contributed by atoms with E-state index in [1.165, 1.54) is 4.90 Å². The van der Waals surface area contributed by atoms with E-state index in [4.69, 9.17) is 0 Å². The van der Waals surface area contributed by atoms with Crippen LogP contribution >= 0.6 is 0 Å². The van der Waals surface area contributed by atoms with Crippen molar-refractivity contribution in [2.24, 2.45) is 0 Å². The van der Waals surface area contributed by atoms with Gasteiger partial charge in [0.15, 0.2) is 0 Å². The fourth-order valence-corrected chi connectivity index (χ4v) is 3.36. The van der Waals surface area contributed by atoms with E-state index in [9.17, 15) is 14.4 Å². The first kappa shape index (κ1) is 19.6. The summed E-state index contributed by atoms with van der Waals surface area (Å²) in [5.41, 5.74) is 2.45. The van der Waals surface area contributed by atoms with E-state index in [0.717, 1.165) is 11.3 Å². The topological polar surface area (TPSA) is 81.8 Å². The summed E-state index contributed by atoms with van der Waals surface area (Å²) in [6.45, 7) is 0.276. The average molecular weight is 380 g/mol. The number of likely N-dealkylation sites (N-methyl/N-ethyl adjacent to an activating group) is 2. The Labute approximate surface area is 164 Å². The Hall–Kier alpha value is -3.19. The molecule has 0 aliphatic carbocycles. The zero-order chi connectivity index (χ0) is 20.3. The number of rotatable bonds is 5. The maximum Gasteiger partial charge on any atom is 0.310 e. The molecule has 0 radical (unpaired) electrons. The summed E-state index contributed by atoms with van der Waals surface area (Å²) in [6, 6.07) is 16.0. The highest BCUT2D eigenvalue weighted by atomic mass is 16.2. The third-order valence-electron chi connectivity index (χ3n) is 4.93. The molecule has 0 fully saturated rings. The monoisotopic (exact) mass is 380 g/mol. The van der Waals surface area contributed by atoms with Crippen molar-refractivity contribution in [2.45, 2.75) is 12.1 Å². The van der Waals surface area contributed by atoms with Crippen LogP contribution < -0.4 is 15.5 Å². The second-order valence-corrected chi connectivity index (χ2v) is 6.96. The van der Waals surface area contributed by atoms with Crippen LogP contribution in [0.4, 0.5) is 5.69 Å². The van der Waals surface area contributed by atoms with Gasteiger partial charge in [-0.15, -0.1) is 0 Å². The number of amides is 3. The number of nitrogens with zero attached hydrogens (tertiary/aromatic N) is 2. The van der Waals surface area contributed by atoms with Gasteiger partial charge in [-0.3, -0.25) is 14.4 Å². The number of nitrogens with one attached hydrogen (secondary N) is 2. The van der Waals surface area contributed by atoms with Crippen molar-refractivity contribution < 1.29 is 14.4 Å². The lowest BCUT2D eigenvalue weighted by Gasteiger charge is -2.25. The molecule has 28 heavy (non-hydrogen) atoms. The zero-order valence-electron chi connectivity index (χ0n) is 16.2. The molecule has 7 nitrogen and oxygen atoms in total. The summed E-state index contributed by atoms with van der Waals surface area (Å²) in [7, 11) is 5.47. The van der Waals surface area contributed by atoms with Crippen LogP contribution in [0.2, 0.25) is 0 Å². The first-order chi connectivity index (χ1) is 13.4. The molecule has 0 unspecified atom stereocenters. The highest BCUT2D eigenvalue weighted by molar-refractivity contribution is 6.35. The smallest absolute Gasteiger partial charge is 0.310 e. The predicted molar refractivity (Wildman–Crippen MR) is 107 cm³/mol. The van der Waals surface area contributed by atoms with Crippen LogP contribution in [0.25, 0.3) is 0 Å². The van der Waals surface area contributed by atoms with Crippen LogP contribution in [-0.2, 0) is 14.4 Å². The van der Waals surface area contributed by atoms with Gasteiger partial charge in [0.2, 0.25) is 0 Å². The Morgan fingerprint density at radius 3 is 2.36 bits per heavy atom. The fraction of sp³-hybridized carbons (Fsp3) is 0.286. The Morgan fingerprint density at radius 1 is 1.04 bits per heavy atom. The Bertz CT molecular complexity index is 882. The highest BCUT2D eigenvalue weighted by Crippen LogP contribution is 2.34. The van der Waals surface area contributed by atoms with Crippen LogP contribution in [-0.4, -0.2) is 50.3 Å². The zero-order valence-corrected chi connectivity index (χ0v) is 16.2. The van der Waals surface area contributed by atoms with E-state index in [-0.39, 0.29) is 18.5 Å². The van der Waals surface area contributed by atoms with E-state index in [1.54, 1.807) is 25.2 Å². The SMILES string of the molecule is CN1C(=O)[C@@H](NC(=O)C(=O)NC[C@@H](c2ccccc2)N(C)C)c2ccccc21. The number of hydrogen-bond acceptors (Lipinski definition) is 4. The quantitative estimate of drug-likeness (QED) is 0.765. The third kappa shape index (κ3) is 3.89. The first-order valence-electron chi connectivity index (χ1n) is 9.06. The molecule has 1 aliphatic heterocycles. The molecule has 2 aromatic carbocycles. The molecule has 0 bridgehead atoms. The van der Waals surface area contributed by atoms with E-state index in [0.29, 0.717) is 5.56 Å². The lowest BCUT2D eigenvalue weighted by Crippen LogP contribution is -2.45. The lowest BCUT2D eigenvalue weighted by molar-refractivity contribution is -0.140. The Balaban J connectivity index is 1.64. The van der Waals surface area contributed by atoms with Gasteiger partial charge in [0.05, 0.1) is 6.04 Å². The lowest BCUT2D eigenvalue weighted by atomic mass is 10.1. The summed E-state index contributed by atoms with van der Waals surface area (Å²) < 4.78 is 0. The molecule has 0 saturated heterocycles. The molecular weight excluding hydrogens is 356 g/mol. The molecule has 146 valence electrons. The van der Waals surface area contributed by atoms with Crippen molar-refractivity contribution in [3.05, 3.63) is 65.7 Å².